The molecule has 0 aliphatic heterocycles. The van der Waals surface area contributed by atoms with Crippen molar-refractivity contribution in [2.24, 2.45) is 0 Å². The van der Waals surface area contributed by atoms with Crippen LogP contribution >= 0.6 is 0 Å². The second kappa shape index (κ2) is 8.31. The zero-order chi connectivity index (χ0) is 15.0. The van der Waals surface area contributed by atoms with Crippen molar-refractivity contribution in [2.45, 2.75) is 26.8 Å². The predicted octanol–water partition coefficient (Wildman–Crippen LogP) is 0.429. The van der Waals surface area contributed by atoms with Crippen LogP contribution in [0.3, 0.4) is 0 Å². The fourth-order valence-corrected chi connectivity index (χ4v) is 1.80. The van der Waals surface area contributed by atoms with Crippen LogP contribution in [-0.4, -0.2) is 57.8 Å². The number of carbonyl (C=O) groups is 2. The third-order valence-electron chi connectivity index (χ3n) is 3.07. The molecule has 7 nitrogen and oxygen atoms in total. The van der Waals surface area contributed by atoms with Crippen molar-refractivity contribution in [3.05, 3.63) is 18.0 Å². The maximum absolute atomic E-state index is 11.6. The number of nitrogens with zero attached hydrogens (tertiary/aromatic N) is 3. The third kappa shape index (κ3) is 5.40. The van der Waals surface area contributed by atoms with Crippen LogP contribution < -0.4 is 5.32 Å². The molecule has 0 atom stereocenters. The van der Waals surface area contributed by atoms with Gasteiger partial charge < -0.3 is 15.3 Å². The molecule has 0 aromatic carbocycles. The summed E-state index contributed by atoms with van der Waals surface area (Å²) in [6.07, 6.45) is 1.85. The lowest BCUT2D eigenvalue weighted by Gasteiger charge is -2.17. The average Bonchev–Trinajstić information content (AvgIpc) is 2.90. The van der Waals surface area contributed by atoms with Crippen LogP contribution in [0.25, 0.3) is 0 Å². The van der Waals surface area contributed by atoms with E-state index in [4.69, 9.17) is 5.11 Å². The zero-order valence-electron chi connectivity index (χ0n) is 12.0. The maximum Gasteiger partial charge on any atom is 0.356 e. The van der Waals surface area contributed by atoms with Gasteiger partial charge >= 0.3 is 5.97 Å². The number of aryl methyl sites for hydroxylation is 1. The van der Waals surface area contributed by atoms with E-state index >= 15 is 0 Å². The summed E-state index contributed by atoms with van der Waals surface area (Å²) < 4.78 is 1.47. The molecule has 1 aromatic rings. The van der Waals surface area contributed by atoms with E-state index in [2.05, 4.69) is 29.2 Å². The normalized spacial score (nSPS) is 10.8. The smallest absolute Gasteiger partial charge is 0.356 e. The van der Waals surface area contributed by atoms with Gasteiger partial charge in [-0.15, -0.1) is 0 Å². The highest BCUT2D eigenvalue weighted by Gasteiger charge is 2.08. The second-order valence-electron chi connectivity index (χ2n) is 4.40. The van der Waals surface area contributed by atoms with Crippen LogP contribution in [0, 0.1) is 0 Å². The molecule has 1 rings (SSSR count). The Morgan fingerprint density at radius 2 is 2.10 bits per heavy atom. The number of likely N-dealkylation sites (N-methyl/N-ethyl adjacent to an activating group) is 1. The van der Waals surface area contributed by atoms with Crippen LogP contribution in [0.15, 0.2) is 12.3 Å². The summed E-state index contributed by atoms with van der Waals surface area (Å²) in [6, 6.07) is 1.42. The number of rotatable bonds is 9. The molecular weight excluding hydrogens is 260 g/mol. The molecule has 112 valence electrons. The van der Waals surface area contributed by atoms with Crippen LogP contribution in [-0.2, 0) is 11.3 Å². The molecule has 2 N–H and O–H groups in total. The van der Waals surface area contributed by atoms with Gasteiger partial charge in [-0.2, -0.15) is 5.10 Å². The zero-order valence-corrected chi connectivity index (χ0v) is 12.0. The Morgan fingerprint density at radius 3 is 2.65 bits per heavy atom. The average molecular weight is 282 g/mol. The van der Waals surface area contributed by atoms with E-state index in [-0.39, 0.29) is 11.6 Å². The number of amides is 1. The maximum atomic E-state index is 11.6. The molecule has 0 fully saturated rings. The molecule has 7 heteroatoms. The van der Waals surface area contributed by atoms with Crippen LogP contribution in [0.1, 0.15) is 30.8 Å². The van der Waals surface area contributed by atoms with E-state index in [1.807, 2.05) is 0 Å². The number of hydrogen-bond donors (Lipinski definition) is 2. The predicted molar refractivity (Wildman–Crippen MR) is 74.6 cm³/mol. The number of carbonyl (C=O) groups excluding carboxylic acids is 1. The van der Waals surface area contributed by atoms with Crippen molar-refractivity contribution in [3.8, 4) is 0 Å². The lowest BCUT2D eigenvalue weighted by Crippen LogP contribution is -2.35. The Kier molecular flexibility index (Phi) is 6.72. The number of carboxylic acids is 1. The molecule has 0 saturated heterocycles. The van der Waals surface area contributed by atoms with E-state index in [0.717, 1.165) is 19.6 Å². The first-order valence-corrected chi connectivity index (χ1v) is 6.82. The summed E-state index contributed by atoms with van der Waals surface area (Å²) in [4.78, 5) is 24.5. The molecule has 0 unspecified atom stereocenters. The van der Waals surface area contributed by atoms with Gasteiger partial charge in [-0.05, 0) is 19.2 Å². The Morgan fingerprint density at radius 1 is 1.40 bits per heavy atom. The van der Waals surface area contributed by atoms with Crippen LogP contribution in [0.4, 0.5) is 0 Å². The first-order valence-electron chi connectivity index (χ1n) is 6.82. The lowest BCUT2D eigenvalue weighted by atomic mass is 10.4. The van der Waals surface area contributed by atoms with E-state index in [1.54, 1.807) is 6.20 Å². The molecule has 1 amide bonds. The Hall–Kier alpha value is -1.89. The number of carboxylic acid groups (broad SMARTS) is 1. The van der Waals surface area contributed by atoms with E-state index in [0.29, 0.717) is 19.5 Å². The standard InChI is InChI=1S/C13H22N4O3/c1-3-16(4-2)10-7-14-12(18)6-9-17-8-5-11(15-17)13(19)20/h5,8H,3-4,6-7,9-10H2,1-2H3,(H,14,18)(H,19,20). The summed E-state index contributed by atoms with van der Waals surface area (Å²) >= 11 is 0. The summed E-state index contributed by atoms with van der Waals surface area (Å²) in [5, 5.41) is 15.4. The first kappa shape index (κ1) is 16.2. The summed E-state index contributed by atoms with van der Waals surface area (Å²) in [5.41, 5.74) is -0.00746. The molecule has 0 radical (unpaired) electrons. The summed E-state index contributed by atoms with van der Waals surface area (Å²) in [6.45, 7) is 7.95. The highest BCUT2D eigenvalue weighted by Crippen LogP contribution is 1.97. The quantitative estimate of drug-likeness (QED) is 0.686. The van der Waals surface area contributed by atoms with Crippen molar-refractivity contribution >= 4 is 11.9 Å². The van der Waals surface area contributed by atoms with Gasteiger partial charge in [0.1, 0.15) is 0 Å². The first-order chi connectivity index (χ1) is 9.56. The van der Waals surface area contributed by atoms with Gasteiger partial charge in [-0.1, -0.05) is 13.8 Å². The number of aromatic carboxylic acids is 1. The van der Waals surface area contributed by atoms with Gasteiger partial charge in [-0.3, -0.25) is 9.48 Å². The molecule has 0 spiro atoms. The van der Waals surface area contributed by atoms with Crippen molar-refractivity contribution in [2.75, 3.05) is 26.2 Å². The molecule has 0 bridgehead atoms. The Bertz CT molecular complexity index is 441. The monoisotopic (exact) mass is 282 g/mol. The van der Waals surface area contributed by atoms with Gasteiger partial charge in [-0.25, -0.2) is 4.79 Å². The molecular formula is C13H22N4O3. The SMILES string of the molecule is CCN(CC)CCNC(=O)CCn1ccc(C(=O)O)n1. The number of nitrogens with one attached hydrogen (secondary N) is 1. The number of aromatic nitrogens is 2. The number of hydrogen-bond acceptors (Lipinski definition) is 4. The lowest BCUT2D eigenvalue weighted by molar-refractivity contribution is -0.121. The fourth-order valence-electron chi connectivity index (χ4n) is 1.80. The van der Waals surface area contributed by atoms with Crippen molar-refractivity contribution in [1.82, 2.24) is 20.0 Å². The van der Waals surface area contributed by atoms with Crippen molar-refractivity contribution in [1.29, 1.82) is 0 Å². The largest absolute Gasteiger partial charge is 0.476 e. The molecule has 0 aliphatic rings. The van der Waals surface area contributed by atoms with Crippen molar-refractivity contribution < 1.29 is 14.7 Å². The molecule has 1 heterocycles. The fraction of sp³-hybridized carbons (Fsp3) is 0.615. The highest BCUT2D eigenvalue weighted by atomic mass is 16.4. The van der Waals surface area contributed by atoms with Gasteiger partial charge in [0.05, 0.1) is 0 Å². The van der Waals surface area contributed by atoms with Gasteiger partial charge in [0.2, 0.25) is 5.91 Å². The minimum Gasteiger partial charge on any atom is -0.476 e. The molecule has 0 saturated carbocycles. The molecule has 0 aliphatic carbocycles. The minimum absolute atomic E-state index is 0.00746. The van der Waals surface area contributed by atoms with Crippen LogP contribution in [0.5, 0.6) is 0 Å². The molecule has 1 aromatic heterocycles. The van der Waals surface area contributed by atoms with E-state index in [1.165, 1.54) is 10.7 Å². The Balaban J connectivity index is 2.24. The van der Waals surface area contributed by atoms with Crippen molar-refractivity contribution in [3.63, 3.8) is 0 Å². The van der Waals surface area contributed by atoms with Gasteiger partial charge in [0.25, 0.3) is 0 Å². The molecule has 20 heavy (non-hydrogen) atoms. The van der Waals surface area contributed by atoms with Crippen LogP contribution in [0.2, 0.25) is 0 Å². The van der Waals surface area contributed by atoms with Gasteiger partial charge in [0, 0.05) is 32.3 Å². The van der Waals surface area contributed by atoms with Gasteiger partial charge in [0.15, 0.2) is 5.69 Å². The topological polar surface area (TPSA) is 87.5 Å². The second-order valence-corrected chi connectivity index (χ2v) is 4.40. The van der Waals surface area contributed by atoms with E-state index in [9.17, 15) is 9.59 Å². The minimum atomic E-state index is -1.06. The summed E-state index contributed by atoms with van der Waals surface area (Å²) in [5.74, 6) is -1.11. The van der Waals surface area contributed by atoms with E-state index < -0.39 is 5.97 Å². The highest BCUT2D eigenvalue weighted by molar-refractivity contribution is 5.85. The third-order valence-corrected chi connectivity index (χ3v) is 3.07. The Labute approximate surface area is 118 Å². The summed E-state index contributed by atoms with van der Waals surface area (Å²) in [7, 11) is 0.